The van der Waals surface area contributed by atoms with Crippen LogP contribution in [-0.4, -0.2) is 96.7 Å². The molecule has 3 N–H and O–H groups in total. The summed E-state index contributed by atoms with van der Waals surface area (Å²) in [6, 6.07) is 0. The molecule has 0 heterocycles. The van der Waals surface area contributed by atoms with Gasteiger partial charge in [-0.05, 0) is 49.4 Å². The van der Waals surface area contributed by atoms with E-state index >= 15 is 0 Å². The van der Waals surface area contributed by atoms with Gasteiger partial charge in [-0.2, -0.15) is 0 Å². The van der Waals surface area contributed by atoms with Gasteiger partial charge in [0.15, 0.2) is 12.2 Å². The third kappa shape index (κ3) is 65.1. The van der Waals surface area contributed by atoms with Gasteiger partial charge in [-0.15, -0.1) is 0 Å². The quantitative estimate of drug-likeness (QED) is 0.0222. The van der Waals surface area contributed by atoms with Crippen LogP contribution in [0, 0.1) is 23.7 Å². The summed E-state index contributed by atoms with van der Waals surface area (Å²) in [6.07, 6.45) is 44.6. The van der Waals surface area contributed by atoms with Crippen molar-refractivity contribution in [1.82, 2.24) is 0 Å². The van der Waals surface area contributed by atoms with Gasteiger partial charge < -0.3 is 33.8 Å². The maximum Gasteiger partial charge on any atom is 0.472 e. The van der Waals surface area contributed by atoms with E-state index in [1.165, 1.54) is 148 Å². The van der Waals surface area contributed by atoms with E-state index in [1.54, 1.807) is 0 Å². The zero-order valence-corrected chi connectivity index (χ0v) is 61.3. The Balaban J connectivity index is 5.21. The molecule has 0 bridgehead atoms. The van der Waals surface area contributed by atoms with Gasteiger partial charge in [-0.1, -0.05) is 306 Å². The highest BCUT2D eigenvalue weighted by Crippen LogP contribution is 2.45. The zero-order valence-electron chi connectivity index (χ0n) is 59.5. The number of phosphoric ester groups is 2. The first-order valence-electron chi connectivity index (χ1n) is 37.2. The van der Waals surface area contributed by atoms with E-state index in [2.05, 4.69) is 55.4 Å². The van der Waals surface area contributed by atoms with Crippen molar-refractivity contribution >= 4 is 39.5 Å². The number of carbonyl (C=O) groups is 4. The molecule has 0 radical (unpaired) electrons. The molecule has 6 atom stereocenters. The number of esters is 4. The largest absolute Gasteiger partial charge is 0.472 e. The lowest BCUT2D eigenvalue weighted by Gasteiger charge is -2.21. The van der Waals surface area contributed by atoms with Gasteiger partial charge in [0.1, 0.15) is 19.3 Å². The molecule has 0 spiro atoms. The number of hydrogen-bond donors (Lipinski definition) is 3. The summed E-state index contributed by atoms with van der Waals surface area (Å²) in [5.74, 6) is 0.866. The highest BCUT2D eigenvalue weighted by atomic mass is 31.2. The molecule has 0 fully saturated rings. The minimum Gasteiger partial charge on any atom is -0.462 e. The van der Waals surface area contributed by atoms with E-state index in [0.717, 1.165) is 115 Å². The van der Waals surface area contributed by atoms with Crippen LogP contribution in [0.25, 0.3) is 0 Å². The molecule has 0 saturated heterocycles. The molecule has 0 aliphatic rings. The minimum absolute atomic E-state index is 0.105. The lowest BCUT2D eigenvalue weighted by Crippen LogP contribution is -2.30. The highest BCUT2D eigenvalue weighted by Gasteiger charge is 2.30. The lowest BCUT2D eigenvalue weighted by molar-refractivity contribution is -0.161. The van der Waals surface area contributed by atoms with Crippen LogP contribution in [0.1, 0.15) is 357 Å². The standard InChI is InChI=1S/C72H140O17P2/c1-9-65(8)51-43-35-26-20-16-12-10-11-13-17-21-27-38-46-54-71(76)89-68(59-83-70(75)53-45-37-31-30-34-42-50-64(6)7)61-87-91(80,81)85-57-66(73)56-84-90(78,79)86-60-67(58-82-69(74)52-44-36-29-23-25-33-41-49-63(4)5)88-72(77)55-47-39-28-22-18-14-15-19-24-32-40-48-62(2)3/h62-68,73H,9-61H2,1-8H3,(H,78,79)(H,80,81)/t65?,66?,67-,68-/m1/s1. The molecule has 0 aliphatic heterocycles. The van der Waals surface area contributed by atoms with Crippen LogP contribution in [0.5, 0.6) is 0 Å². The molecule has 19 heteroatoms. The molecule has 91 heavy (non-hydrogen) atoms. The van der Waals surface area contributed by atoms with Crippen LogP contribution in [0.2, 0.25) is 0 Å². The number of aliphatic hydroxyl groups excluding tert-OH is 1. The Morgan fingerprint density at radius 1 is 0.308 bits per heavy atom. The van der Waals surface area contributed by atoms with Crippen molar-refractivity contribution in [3.63, 3.8) is 0 Å². The summed E-state index contributed by atoms with van der Waals surface area (Å²) >= 11 is 0. The lowest BCUT2D eigenvalue weighted by atomic mass is 9.99. The van der Waals surface area contributed by atoms with Crippen LogP contribution >= 0.6 is 15.6 Å². The smallest absolute Gasteiger partial charge is 0.462 e. The number of aliphatic hydroxyl groups is 1. The number of ether oxygens (including phenoxy) is 4. The number of phosphoric acid groups is 2. The fraction of sp³-hybridized carbons (Fsp3) is 0.944. The first-order valence-corrected chi connectivity index (χ1v) is 40.2. The summed E-state index contributed by atoms with van der Waals surface area (Å²) in [5.41, 5.74) is 0. The molecule has 540 valence electrons. The van der Waals surface area contributed by atoms with Crippen LogP contribution in [0.4, 0.5) is 0 Å². The topological polar surface area (TPSA) is 237 Å². The Hall–Kier alpha value is -1.94. The van der Waals surface area contributed by atoms with Crippen LogP contribution in [0.15, 0.2) is 0 Å². The van der Waals surface area contributed by atoms with Gasteiger partial charge in [-0.3, -0.25) is 37.3 Å². The molecule has 4 unspecified atom stereocenters. The third-order valence-corrected chi connectivity index (χ3v) is 18.8. The zero-order chi connectivity index (χ0) is 67.5. The van der Waals surface area contributed by atoms with E-state index in [9.17, 15) is 43.2 Å². The van der Waals surface area contributed by atoms with Gasteiger partial charge in [0.05, 0.1) is 26.4 Å². The molecule has 0 saturated carbocycles. The Labute approximate surface area is 556 Å². The average molecular weight is 1340 g/mol. The summed E-state index contributed by atoms with van der Waals surface area (Å²) in [6.45, 7) is 14.1. The fourth-order valence-electron chi connectivity index (χ4n) is 10.8. The highest BCUT2D eigenvalue weighted by molar-refractivity contribution is 7.47. The number of carbonyl (C=O) groups excluding carboxylic acids is 4. The van der Waals surface area contributed by atoms with Crippen molar-refractivity contribution in [2.75, 3.05) is 39.6 Å². The van der Waals surface area contributed by atoms with Gasteiger partial charge in [0, 0.05) is 25.7 Å². The Bertz CT molecular complexity index is 1800. The predicted molar refractivity (Wildman–Crippen MR) is 367 cm³/mol. The van der Waals surface area contributed by atoms with Crippen LogP contribution < -0.4 is 0 Å². The molecular formula is C72H140O17P2. The van der Waals surface area contributed by atoms with E-state index in [-0.39, 0.29) is 25.7 Å². The first-order chi connectivity index (χ1) is 43.6. The van der Waals surface area contributed by atoms with Crippen molar-refractivity contribution < 1.29 is 80.2 Å². The number of unbranched alkanes of at least 4 members (excludes halogenated alkanes) is 34. The first kappa shape index (κ1) is 89.1. The monoisotopic (exact) mass is 1340 g/mol. The second-order valence-corrected chi connectivity index (χ2v) is 30.6. The normalized spacial score (nSPS) is 14.5. The molecule has 17 nitrogen and oxygen atoms in total. The van der Waals surface area contributed by atoms with Gasteiger partial charge >= 0.3 is 39.5 Å². The Morgan fingerprint density at radius 2 is 0.527 bits per heavy atom. The van der Waals surface area contributed by atoms with E-state index in [0.29, 0.717) is 37.5 Å². The number of hydrogen-bond acceptors (Lipinski definition) is 15. The fourth-order valence-corrected chi connectivity index (χ4v) is 12.4. The van der Waals surface area contributed by atoms with E-state index in [4.69, 9.17) is 37.0 Å². The second-order valence-electron chi connectivity index (χ2n) is 27.6. The number of rotatable bonds is 69. The molecule has 0 amide bonds. The summed E-state index contributed by atoms with van der Waals surface area (Å²) in [5, 5.41) is 10.6. The Morgan fingerprint density at radius 3 is 0.780 bits per heavy atom. The van der Waals surface area contributed by atoms with Crippen LogP contribution in [-0.2, 0) is 65.4 Å². The predicted octanol–water partition coefficient (Wildman–Crippen LogP) is 20.5. The Kier molecular flexibility index (Phi) is 60.3. The summed E-state index contributed by atoms with van der Waals surface area (Å²) in [7, 11) is -9.90. The SMILES string of the molecule is CCC(C)CCCCCCCCCCCCCCCCC(=O)O[C@H](COC(=O)CCCCCCCCC(C)C)COP(=O)(O)OCC(O)COP(=O)(O)OC[C@@H](COC(=O)CCCCCCCCCC(C)C)OC(=O)CCCCCCCCCCCCCC(C)C. The summed E-state index contributed by atoms with van der Waals surface area (Å²) < 4.78 is 68.3. The molecule has 0 rings (SSSR count). The van der Waals surface area contributed by atoms with E-state index in [1.807, 2.05) is 0 Å². The van der Waals surface area contributed by atoms with Gasteiger partial charge in [0.2, 0.25) is 0 Å². The molecule has 0 aromatic carbocycles. The molecule has 0 aromatic rings. The van der Waals surface area contributed by atoms with E-state index < -0.39 is 97.5 Å². The molecule has 0 aromatic heterocycles. The van der Waals surface area contributed by atoms with Crippen molar-refractivity contribution in [3.8, 4) is 0 Å². The molecule has 0 aliphatic carbocycles. The summed E-state index contributed by atoms with van der Waals surface area (Å²) in [4.78, 5) is 72.6. The maximum absolute atomic E-state index is 13.0. The third-order valence-electron chi connectivity index (χ3n) is 16.9. The maximum atomic E-state index is 13.0. The van der Waals surface area contributed by atoms with Crippen molar-refractivity contribution in [3.05, 3.63) is 0 Å². The van der Waals surface area contributed by atoms with Gasteiger partial charge in [0.25, 0.3) is 0 Å². The second kappa shape index (κ2) is 61.6. The minimum atomic E-state index is -4.95. The van der Waals surface area contributed by atoms with Crippen molar-refractivity contribution in [1.29, 1.82) is 0 Å². The van der Waals surface area contributed by atoms with Crippen LogP contribution in [0.3, 0.4) is 0 Å². The average Bonchev–Trinajstić information content (AvgIpc) is 3.59. The van der Waals surface area contributed by atoms with Gasteiger partial charge in [-0.25, -0.2) is 9.13 Å². The van der Waals surface area contributed by atoms with Crippen molar-refractivity contribution in [2.24, 2.45) is 23.7 Å². The molecular weight excluding hydrogens is 1200 g/mol. The van der Waals surface area contributed by atoms with Crippen molar-refractivity contribution in [2.45, 2.75) is 375 Å².